The van der Waals surface area contributed by atoms with Crippen molar-refractivity contribution in [3.8, 4) is 0 Å². The van der Waals surface area contributed by atoms with Gasteiger partial charge in [0, 0.05) is 17.0 Å². The fourth-order valence-electron chi connectivity index (χ4n) is 2.52. The average Bonchev–Trinajstić information content (AvgIpc) is 2.58. The average molecular weight is 353 g/mol. The third-order valence-electron chi connectivity index (χ3n) is 3.96. The van der Waals surface area contributed by atoms with E-state index in [9.17, 15) is 9.59 Å². The Balaban J connectivity index is 2.03. The number of rotatable bonds is 13. The molecule has 1 aromatic carbocycles. The van der Waals surface area contributed by atoms with Gasteiger partial charge >= 0.3 is 5.97 Å². The highest BCUT2D eigenvalue weighted by molar-refractivity contribution is 6.31. The number of hydrogen-bond donors (Lipinski definition) is 0. The number of ketones is 1. The van der Waals surface area contributed by atoms with E-state index >= 15 is 0 Å². The Labute approximate surface area is 150 Å². The van der Waals surface area contributed by atoms with Crippen LogP contribution in [0.4, 0.5) is 0 Å². The molecule has 0 bridgehead atoms. The Morgan fingerprint density at radius 2 is 1.62 bits per heavy atom. The van der Waals surface area contributed by atoms with E-state index in [2.05, 4.69) is 6.92 Å². The maximum atomic E-state index is 12.0. The molecule has 0 fully saturated rings. The van der Waals surface area contributed by atoms with E-state index in [-0.39, 0.29) is 24.6 Å². The van der Waals surface area contributed by atoms with Crippen molar-refractivity contribution < 1.29 is 14.3 Å². The maximum absolute atomic E-state index is 12.0. The van der Waals surface area contributed by atoms with E-state index < -0.39 is 0 Å². The van der Waals surface area contributed by atoms with Crippen LogP contribution in [0.1, 0.15) is 81.5 Å². The number of carbonyl (C=O) groups is 2. The van der Waals surface area contributed by atoms with Gasteiger partial charge in [-0.1, -0.05) is 75.6 Å². The smallest absolute Gasteiger partial charge is 0.306 e. The molecule has 1 aromatic rings. The highest BCUT2D eigenvalue weighted by atomic mass is 35.5. The monoisotopic (exact) mass is 352 g/mol. The molecule has 134 valence electrons. The van der Waals surface area contributed by atoms with Crippen molar-refractivity contribution in [2.45, 2.75) is 71.1 Å². The molecule has 0 atom stereocenters. The van der Waals surface area contributed by atoms with Crippen molar-refractivity contribution >= 4 is 23.4 Å². The van der Waals surface area contributed by atoms with Gasteiger partial charge in [-0.05, 0) is 18.6 Å². The molecule has 0 aromatic heterocycles. The van der Waals surface area contributed by atoms with Crippen molar-refractivity contribution in [1.29, 1.82) is 0 Å². The van der Waals surface area contributed by atoms with Crippen LogP contribution in [0.3, 0.4) is 0 Å². The van der Waals surface area contributed by atoms with E-state index in [1.54, 1.807) is 24.3 Å². The van der Waals surface area contributed by atoms with Gasteiger partial charge < -0.3 is 4.74 Å². The zero-order chi connectivity index (χ0) is 17.6. The van der Waals surface area contributed by atoms with E-state index in [1.807, 2.05) is 0 Å². The largest absolute Gasteiger partial charge is 0.466 e. The Morgan fingerprint density at radius 3 is 2.29 bits per heavy atom. The number of benzene rings is 1. The van der Waals surface area contributed by atoms with Gasteiger partial charge in [0.1, 0.15) is 0 Å². The van der Waals surface area contributed by atoms with E-state index in [1.165, 1.54) is 38.5 Å². The van der Waals surface area contributed by atoms with Crippen LogP contribution in [-0.4, -0.2) is 18.4 Å². The lowest BCUT2D eigenvalue weighted by Gasteiger charge is -2.05. The predicted molar refractivity (Wildman–Crippen MR) is 98.6 cm³/mol. The molecule has 1 rings (SSSR count). The minimum atomic E-state index is -0.298. The summed E-state index contributed by atoms with van der Waals surface area (Å²) in [5.41, 5.74) is 0.540. The number of halogens is 1. The Hall–Kier alpha value is -1.35. The highest BCUT2D eigenvalue weighted by Crippen LogP contribution is 2.13. The molecule has 0 saturated heterocycles. The van der Waals surface area contributed by atoms with Crippen molar-refractivity contribution in [1.82, 2.24) is 0 Å². The second-order valence-electron chi connectivity index (χ2n) is 6.13. The third-order valence-corrected chi connectivity index (χ3v) is 4.20. The number of hydrogen-bond acceptors (Lipinski definition) is 3. The number of ether oxygens (including phenoxy) is 1. The molecular weight excluding hydrogens is 324 g/mol. The van der Waals surface area contributed by atoms with Crippen LogP contribution in [0.2, 0.25) is 5.02 Å². The lowest BCUT2D eigenvalue weighted by Crippen LogP contribution is -2.09. The summed E-state index contributed by atoms with van der Waals surface area (Å²) in [7, 11) is 0. The second kappa shape index (κ2) is 13.0. The summed E-state index contributed by atoms with van der Waals surface area (Å²) in [6.45, 7) is 2.68. The van der Waals surface area contributed by atoms with Gasteiger partial charge in [0.2, 0.25) is 0 Å². The molecule has 0 saturated carbocycles. The molecule has 0 aliphatic carbocycles. The predicted octanol–water partition coefficient (Wildman–Crippen LogP) is 5.99. The first-order chi connectivity index (χ1) is 11.6. The van der Waals surface area contributed by atoms with E-state index in [4.69, 9.17) is 16.3 Å². The summed E-state index contributed by atoms with van der Waals surface area (Å²) in [4.78, 5) is 23.6. The van der Waals surface area contributed by atoms with Crippen LogP contribution >= 0.6 is 11.6 Å². The van der Waals surface area contributed by atoms with Crippen LogP contribution in [-0.2, 0) is 9.53 Å². The van der Waals surface area contributed by atoms with E-state index in [0.717, 1.165) is 12.8 Å². The maximum Gasteiger partial charge on any atom is 0.306 e. The normalized spacial score (nSPS) is 10.6. The Bertz CT molecular complexity index is 499. The molecule has 0 aliphatic heterocycles. The van der Waals surface area contributed by atoms with Crippen molar-refractivity contribution in [3.05, 3.63) is 34.9 Å². The molecule has 0 heterocycles. The minimum absolute atomic E-state index is 0.0819. The van der Waals surface area contributed by atoms with Crippen LogP contribution < -0.4 is 0 Å². The van der Waals surface area contributed by atoms with E-state index in [0.29, 0.717) is 17.2 Å². The van der Waals surface area contributed by atoms with Gasteiger partial charge in [0.25, 0.3) is 0 Å². The third kappa shape index (κ3) is 9.71. The minimum Gasteiger partial charge on any atom is -0.466 e. The summed E-state index contributed by atoms with van der Waals surface area (Å²) in [6.07, 6.45) is 9.99. The molecular formula is C20H29ClO3. The number of unbranched alkanes of at least 4 members (excludes halogenated alkanes) is 7. The highest BCUT2D eigenvalue weighted by Gasteiger charge is 2.10. The molecule has 0 aliphatic rings. The summed E-state index contributed by atoms with van der Waals surface area (Å²) < 4.78 is 5.18. The summed E-state index contributed by atoms with van der Waals surface area (Å²) in [5.74, 6) is -0.380. The molecule has 0 N–H and O–H groups in total. The van der Waals surface area contributed by atoms with Gasteiger partial charge in [0.15, 0.2) is 5.78 Å². The molecule has 3 nitrogen and oxygen atoms in total. The fourth-order valence-corrected chi connectivity index (χ4v) is 2.71. The molecule has 24 heavy (non-hydrogen) atoms. The SMILES string of the molecule is CCCCCCCCCCOC(=O)CCC(=O)c1cccc(Cl)c1. The van der Waals surface area contributed by atoms with Gasteiger partial charge in [-0.25, -0.2) is 0 Å². The number of carbonyl (C=O) groups excluding carboxylic acids is 2. The summed E-state index contributed by atoms with van der Waals surface area (Å²) >= 11 is 5.85. The lowest BCUT2D eigenvalue weighted by molar-refractivity contribution is -0.143. The first-order valence-electron chi connectivity index (χ1n) is 9.08. The Morgan fingerprint density at radius 1 is 0.958 bits per heavy atom. The summed E-state index contributed by atoms with van der Waals surface area (Å²) in [6, 6.07) is 6.78. The molecule has 4 heteroatoms. The zero-order valence-electron chi connectivity index (χ0n) is 14.7. The fraction of sp³-hybridized carbons (Fsp3) is 0.600. The molecule has 0 unspecified atom stereocenters. The van der Waals surface area contributed by atoms with Crippen LogP contribution in [0.15, 0.2) is 24.3 Å². The lowest BCUT2D eigenvalue weighted by atomic mass is 10.1. The van der Waals surface area contributed by atoms with Crippen molar-refractivity contribution in [2.24, 2.45) is 0 Å². The standard InChI is InChI=1S/C20H29ClO3/c1-2-3-4-5-6-7-8-9-15-24-20(23)14-13-19(22)17-11-10-12-18(21)16-17/h10-12,16H,2-9,13-15H2,1H3. The van der Waals surface area contributed by atoms with Crippen molar-refractivity contribution in [3.63, 3.8) is 0 Å². The topological polar surface area (TPSA) is 43.4 Å². The van der Waals surface area contributed by atoms with Crippen LogP contribution in [0.5, 0.6) is 0 Å². The van der Waals surface area contributed by atoms with Crippen LogP contribution in [0.25, 0.3) is 0 Å². The number of Topliss-reactive ketones (excluding diaryl/α,β-unsaturated/α-hetero) is 1. The van der Waals surface area contributed by atoms with Gasteiger partial charge in [0.05, 0.1) is 13.0 Å². The first-order valence-corrected chi connectivity index (χ1v) is 9.45. The quantitative estimate of drug-likeness (QED) is 0.249. The molecule has 0 spiro atoms. The van der Waals surface area contributed by atoms with Gasteiger partial charge in [-0.2, -0.15) is 0 Å². The summed E-state index contributed by atoms with van der Waals surface area (Å²) in [5, 5.41) is 0.526. The van der Waals surface area contributed by atoms with Gasteiger partial charge in [-0.15, -0.1) is 0 Å². The zero-order valence-corrected chi connectivity index (χ0v) is 15.4. The van der Waals surface area contributed by atoms with Crippen LogP contribution in [0, 0.1) is 0 Å². The molecule has 0 radical (unpaired) electrons. The first kappa shape index (κ1) is 20.7. The van der Waals surface area contributed by atoms with Crippen molar-refractivity contribution in [2.75, 3.05) is 6.61 Å². The Kier molecular flexibility index (Phi) is 11.2. The van der Waals surface area contributed by atoms with Gasteiger partial charge in [-0.3, -0.25) is 9.59 Å². The second-order valence-corrected chi connectivity index (χ2v) is 6.57. The number of esters is 1. The molecule has 0 amide bonds.